The molecule has 3 rings (SSSR count). The highest BCUT2D eigenvalue weighted by molar-refractivity contribution is 6.01. The summed E-state index contributed by atoms with van der Waals surface area (Å²) < 4.78 is 16.3. The van der Waals surface area contributed by atoms with Gasteiger partial charge in [0.25, 0.3) is 5.91 Å². The van der Waals surface area contributed by atoms with E-state index in [2.05, 4.69) is 26.9 Å². The second kappa shape index (κ2) is 14.7. The number of rotatable bonds is 14. The molecule has 40 heavy (non-hydrogen) atoms. The Balaban J connectivity index is 1.68. The van der Waals surface area contributed by atoms with Gasteiger partial charge in [0.05, 0.1) is 25.9 Å². The maximum atomic E-state index is 13.3. The van der Waals surface area contributed by atoms with Crippen molar-refractivity contribution in [3.05, 3.63) is 30.0 Å². The maximum absolute atomic E-state index is 13.3. The van der Waals surface area contributed by atoms with E-state index >= 15 is 0 Å². The minimum atomic E-state index is -0.824. The summed E-state index contributed by atoms with van der Waals surface area (Å²) in [6, 6.07) is 5.79. The third kappa shape index (κ3) is 9.28. The number of nitrogens with one attached hydrogen (secondary N) is 4. The minimum absolute atomic E-state index is 0.0407. The van der Waals surface area contributed by atoms with Crippen molar-refractivity contribution < 1.29 is 28.6 Å². The zero-order chi connectivity index (χ0) is 29.1. The van der Waals surface area contributed by atoms with Crippen LogP contribution in [0.25, 0.3) is 10.9 Å². The molecule has 0 radical (unpaired) electrons. The molecule has 0 aliphatic carbocycles. The number of amides is 3. The highest BCUT2D eigenvalue weighted by Crippen LogP contribution is 2.27. The van der Waals surface area contributed by atoms with Crippen LogP contribution in [0.15, 0.2) is 24.3 Å². The number of fused-ring (bicyclic) bond motifs is 1. The van der Waals surface area contributed by atoms with Crippen LogP contribution >= 0.6 is 0 Å². The first-order valence-corrected chi connectivity index (χ1v) is 13.8. The molecule has 1 aliphatic rings. The maximum Gasteiger partial charge on any atom is 0.268 e. The number of aromatic amines is 1. The average Bonchev–Trinajstić information content (AvgIpc) is 3.36. The Kier molecular flexibility index (Phi) is 11.4. The Hall–Kier alpha value is -3.55. The van der Waals surface area contributed by atoms with Crippen LogP contribution < -0.4 is 20.7 Å². The van der Waals surface area contributed by atoms with E-state index < -0.39 is 18.0 Å². The van der Waals surface area contributed by atoms with Crippen LogP contribution in [0.5, 0.6) is 5.75 Å². The zero-order valence-corrected chi connectivity index (χ0v) is 23.9. The molecule has 2 heterocycles. The van der Waals surface area contributed by atoms with Crippen molar-refractivity contribution in [2.75, 3.05) is 40.1 Å². The lowest BCUT2D eigenvalue weighted by molar-refractivity contribution is -0.128. The quantitative estimate of drug-likeness (QED) is 0.210. The molecule has 1 fully saturated rings. The number of methoxy groups -OCH3 is 1. The Morgan fingerprint density at radius 3 is 2.65 bits per heavy atom. The number of benzene rings is 1. The summed E-state index contributed by atoms with van der Waals surface area (Å²) in [7, 11) is 1.62. The zero-order valence-electron chi connectivity index (χ0n) is 23.9. The molecule has 1 aromatic heterocycles. The number of aromatic nitrogens is 1. The lowest BCUT2D eigenvalue weighted by Gasteiger charge is -2.28. The van der Waals surface area contributed by atoms with Gasteiger partial charge in [-0.1, -0.05) is 32.8 Å². The van der Waals surface area contributed by atoms with Gasteiger partial charge in [0.2, 0.25) is 11.8 Å². The van der Waals surface area contributed by atoms with Crippen LogP contribution in [0.1, 0.15) is 56.9 Å². The van der Waals surface area contributed by atoms with Crippen molar-refractivity contribution in [3.63, 3.8) is 0 Å². The van der Waals surface area contributed by atoms with E-state index in [9.17, 15) is 14.4 Å². The number of terminal acetylenes is 1. The lowest BCUT2D eigenvalue weighted by atomic mass is 9.87. The Morgan fingerprint density at radius 1 is 1.18 bits per heavy atom. The van der Waals surface area contributed by atoms with Gasteiger partial charge in [0, 0.05) is 30.5 Å². The fraction of sp³-hybridized carbons (Fsp3) is 0.567. The number of hydrogen-bond donors (Lipinski definition) is 4. The molecule has 3 atom stereocenters. The van der Waals surface area contributed by atoms with E-state index in [0.717, 1.165) is 23.7 Å². The van der Waals surface area contributed by atoms with Crippen molar-refractivity contribution in [2.24, 2.45) is 11.3 Å². The fourth-order valence-corrected chi connectivity index (χ4v) is 4.67. The molecule has 3 unspecified atom stereocenters. The first-order chi connectivity index (χ1) is 19.1. The molecule has 10 nitrogen and oxygen atoms in total. The monoisotopic (exact) mass is 554 g/mol. The first-order valence-electron chi connectivity index (χ1n) is 13.8. The molecule has 10 heteroatoms. The van der Waals surface area contributed by atoms with E-state index in [-0.39, 0.29) is 23.1 Å². The molecule has 0 saturated carbocycles. The normalized spacial score (nSPS) is 17.0. The molecule has 1 saturated heterocycles. The molecular weight excluding hydrogens is 512 g/mol. The third-order valence-electron chi connectivity index (χ3n) is 6.66. The van der Waals surface area contributed by atoms with Crippen LogP contribution in [0.4, 0.5) is 0 Å². The predicted molar refractivity (Wildman–Crippen MR) is 153 cm³/mol. The number of hydrogen-bond acceptors (Lipinski definition) is 6. The number of carbonyl (C=O) groups is 3. The summed E-state index contributed by atoms with van der Waals surface area (Å²) in [5, 5.41) is 9.35. The second-order valence-electron chi connectivity index (χ2n) is 11.2. The summed E-state index contributed by atoms with van der Waals surface area (Å²) in [5.41, 5.74) is 0.788. The van der Waals surface area contributed by atoms with Crippen molar-refractivity contribution >= 4 is 28.6 Å². The highest BCUT2D eigenvalue weighted by Gasteiger charge is 2.31. The molecule has 1 aliphatic heterocycles. The van der Waals surface area contributed by atoms with Gasteiger partial charge in [0.1, 0.15) is 24.1 Å². The topological polar surface area (TPSA) is 131 Å². The van der Waals surface area contributed by atoms with Crippen molar-refractivity contribution in [3.8, 4) is 18.1 Å². The van der Waals surface area contributed by atoms with Crippen LogP contribution in [-0.2, 0) is 19.1 Å². The summed E-state index contributed by atoms with van der Waals surface area (Å²) in [6.07, 6.45) is 8.07. The number of carbonyl (C=O) groups excluding carboxylic acids is 3. The first kappa shape index (κ1) is 31.0. The Bertz CT molecular complexity index is 1200. The summed E-state index contributed by atoms with van der Waals surface area (Å²) in [6.45, 7) is 8.41. The van der Waals surface area contributed by atoms with Crippen LogP contribution in [0.2, 0.25) is 0 Å². The molecule has 4 N–H and O–H groups in total. The molecular formula is C30H42N4O6. The molecule has 0 spiro atoms. The largest absolute Gasteiger partial charge is 0.490 e. The Morgan fingerprint density at radius 2 is 1.95 bits per heavy atom. The van der Waals surface area contributed by atoms with Crippen LogP contribution in [0, 0.1) is 23.7 Å². The molecule has 0 bridgehead atoms. The second-order valence-corrected chi connectivity index (χ2v) is 11.2. The van der Waals surface area contributed by atoms with Gasteiger partial charge in [0.15, 0.2) is 0 Å². The number of piperidine rings is 1. The molecule has 3 amide bonds. The predicted octanol–water partition coefficient (Wildman–Crippen LogP) is 2.78. The van der Waals surface area contributed by atoms with Gasteiger partial charge < -0.3 is 35.1 Å². The summed E-state index contributed by atoms with van der Waals surface area (Å²) >= 11 is 0. The van der Waals surface area contributed by atoms with Crippen LogP contribution in [0.3, 0.4) is 0 Å². The van der Waals surface area contributed by atoms with Gasteiger partial charge in [-0.25, -0.2) is 0 Å². The van der Waals surface area contributed by atoms with Gasteiger partial charge in [-0.2, -0.15) is 0 Å². The lowest BCUT2D eigenvalue weighted by Crippen LogP contribution is -2.51. The van der Waals surface area contributed by atoms with E-state index in [0.29, 0.717) is 57.3 Å². The standard InChI is InChI=1S/C30H42N4O6/c1-6-21(17-20-9-8-12-31-27(20)35)32-29(37)25(19-30(2,3)4)34-28(36)24-18-22-23(33-24)10-7-11-26(22)40-16-15-39-14-13-38-5/h1,7,10-11,18,20-21,25,33H,8-9,12-17,19H2,2-5H3,(H,31,35)(H,32,37)(H,34,36). The molecule has 1 aromatic carbocycles. The summed E-state index contributed by atoms with van der Waals surface area (Å²) in [5.74, 6) is 2.14. The van der Waals surface area contributed by atoms with E-state index in [1.54, 1.807) is 13.2 Å². The number of H-pyrrole nitrogens is 1. The highest BCUT2D eigenvalue weighted by atomic mass is 16.5. The van der Waals surface area contributed by atoms with Crippen molar-refractivity contribution in [1.29, 1.82) is 0 Å². The van der Waals surface area contributed by atoms with Crippen LogP contribution in [-0.4, -0.2) is 74.9 Å². The third-order valence-corrected chi connectivity index (χ3v) is 6.66. The van der Waals surface area contributed by atoms with E-state index in [1.165, 1.54) is 0 Å². The molecule has 218 valence electrons. The number of ether oxygens (including phenoxy) is 3. The van der Waals surface area contributed by atoms with Gasteiger partial charge >= 0.3 is 0 Å². The van der Waals surface area contributed by atoms with Gasteiger partial charge in [-0.3, -0.25) is 14.4 Å². The average molecular weight is 555 g/mol. The Labute approximate surface area is 236 Å². The summed E-state index contributed by atoms with van der Waals surface area (Å²) in [4.78, 5) is 42.0. The van der Waals surface area contributed by atoms with Gasteiger partial charge in [-0.15, -0.1) is 6.42 Å². The smallest absolute Gasteiger partial charge is 0.268 e. The van der Waals surface area contributed by atoms with Gasteiger partial charge in [-0.05, 0) is 49.3 Å². The minimum Gasteiger partial charge on any atom is -0.490 e. The van der Waals surface area contributed by atoms with E-state index in [4.69, 9.17) is 20.6 Å². The van der Waals surface area contributed by atoms with Crippen molar-refractivity contribution in [2.45, 2.75) is 58.5 Å². The fourth-order valence-electron chi connectivity index (χ4n) is 4.67. The van der Waals surface area contributed by atoms with Crippen molar-refractivity contribution in [1.82, 2.24) is 20.9 Å². The van der Waals surface area contributed by atoms with E-state index in [1.807, 2.05) is 39.0 Å². The SMILES string of the molecule is C#CC(CC1CCCNC1=O)NC(=O)C(CC(C)(C)C)NC(=O)c1cc2c(OCCOCCOC)cccc2[nH]1. The molecule has 2 aromatic rings.